The van der Waals surface area contributed by atoms with Gasteiger partial charge < -0.3 is 19.7 Å². The first kappa shape index (κ1) is 29.3. The van der Waals surface area contributed by atoms with Crippen molar-refractivity contribution in [1.82, 2.24) is 20.3 Å². The summed E-state index contributed by atoms with van der Waals surface area (Å²) in [6, 6.07) is 8.71. The number of sulfone groups is 1. The lowest BCUT2D eigenvalue weighted by atomic mass is 9.98. The van der Waals surface area contributed by atoms with Gasteiger partial charge in [0.25, 0.3) is 5.91 Å². The van der Waals surface area contributed by atoms with Crippen LogP contribution in [0.4, 0.5) is 29.2 Å². The zero-order valence-corrected chi connectivity index (χ0v) is 24.3. The number of hydrogen-bond donors (Lipinski definition) is 1. The van der Waals surface area contributed by atoms with Crippen LogP contribution in [0.15, 0.2) is 53.7 Å². The monoisotopic (exact) mass is 643 g/mol. The molecule has 1 fully saturated rings. The number of benzene rings is 1. The predicted octanol–water partition coefficient (Wildman–Crippen LogP) is 4.52. The summed E-state index contributed by atoms with van der Waals surface area (Å²) in [5.74, 6) is -0.370. The summed E-state index contributed by atoms with van der Waals surface area (Å²) >= 11 is 0. The highest BCUT2D eigenvalue weighted by Crippen LogP contribution is 2.53. The van der Waals surface area contributed by atoms with E-state index in [4.69, 9.17) is 14.5 Å². The van der Waals surface area contributed by atoms with Gasteiger partial charge in [-0.15, -0.1) is 0 Å². The number of alkyl halides is 3. The van der Waals surface area contributed by atoms with E-state index in [1.54, 1.807) is 24.4 Å². The van der Waals surface area contributed by atoms with E-state index < -0.39 is 57.0 Å². The molecule has 4 aromatic rings. The number of amides is 1. The smallest absolute Gasteiger partial charge is 0.251 e. The molecule has 0 bridgehead atoms. The molecule has 234 valence electrons. The lowest BCUT2D eigenvalue weighted by Crippen LogP contribution is -2.30. The number of fused-ring (bicyclic) bond motifs is 3. The molecule has 15 heteroatoms. The molecule has 0 saturated heterocycles. The van der Waals surface area contributed by atoms with Gasteiger partial charge in [0.15, 0.2) is 11.6 Å². The van der Waals surface area contributed by atoms with Gasteiger partial charge in [-0.25, -0.2) is 35.9 Å². The summed E-state index contributed by atoms with van der Waals surface area (Å²) in [6.07, 6.45) is 1.37. The second-order valence-corrected chi connectivity index (χ2v) is 13.2. The molecule has 7 rings (SSSR count). The van der Waals surface area contributed by atoms with E-state index in [1.807, 2.05) is 11.0 Å². The molecule has 3 aromatic heterocycles. The number of carbonyl (C=O) groups is 1. The third-order valence-electron chi connectivity index (χ3n) is 8.32. The third kappa shape index (κ3) is 5.13. The van der Waals surface area contributed by atoms with Crippen molar-refractivity contribution in [3.8, 4) is 5.75 Å². The van der Waals surface area contributed by atoms with Gasteiger partial charge in [-0.1, -0.05) is 0 Å². The molecule has 5 heterocycles. The number of carbonyl (C=O) groups excluding carboxylic acids is 1. The van der Waals surface area contributed by atoms with Crippen molar-refractivity contribution in [2.24, 2.45) is 0 Å². The van der Waals surface area contributed by atoms with Gasteiger partial charge in [0, 0.05) is 28.9 Å². The minimum Gasteiger partial charge on any atom is -0.488 e. The fourth-order valence-electron chi connectivity index (χ4n) is 5.55. The van der Waals surface area contributed by atoms with Crippen molar-refractivity contribution in [3.63, 3.8) is 0 Å². The quantitative estimate of drug-likeness (QED) is 0.302. The number of ether oxygens (including phenoxy) is 2. The Morgan fingerprint density at radius 1 is 1.13 bits per heavy atom. The Bertz CT molecular complexity index is 1960. The predicted molar refractivity (Wildman–Crippen MR) is 152 cm³/mol. The lowest BCUT2D eigenvalue weighted by molar-refractivity contribution is 0.0938. The SMILES string of the molecule is O=C(NCc1cc2nc(N3CCOc4cc(C5(C(F)F)CC5)cnc43)ccc2cn1)c1cc(F)c2c(c1)S(=O)(=O)[C@@H](F)COC2. The van der Waals surface area contributed by atoms with Crippen molar-refractivity contribution in [2.75, 3.05) is 24.7 Å². The van der Waals surface area contributed by atoms with Crippen molar-refractivity contribution in [2.45, 2.75) is 48.2 Å². The number of aromatic nitrogens is 3. The fraction of sp³-hybridized carbons (Fsp3) is 0.333. The molecule has 1 aromatic carbocycles. The molecule has 1 N–H and O–H groups in total. The molecule has 0 unspecified atom stereocenters. The number of nitrogens with one attached hydrogen (secondary N) is 1. The maximum atomic E-state index is 14.8. The van der Waals surface area contributed by atoms with Crippen molar-refractivity contribution < 1.29 is 40.2 Å². The zero-order chi connectivity index (χ0) is 31.5. The molecule has 45 heavy (non-hydrogen) atoms. The number of anilines is 2. The highest BCUT2D eigenvalue weighted by molar-refractivity contribution is 7.92. The summed E-state index contributed by atoms with van der Waals surface area (Å²) in [5, 5.41) is 3.29. The van der Waals surface area contributed by atoms with Gasteiger partial charge in [-0.3, -0.25) is 9.78 Å². The van der Waals surface area contributed by atoms with Crippen LogP contribution in [0.3, 0.4) is 0 Å². The first-order chi connectivity index (χ1) is 21.6. The molecular formula is C30H25F4N5O5S. The Labute approximate surface area is 254 Å². The van der Waals surface area contributed by atoms with E-state index in [1.165, 1.54) is 6.20 Å². The molecule has 1 amide bonds. The summed E-state index contributed by atoms with van der Waals surface area (Å²) in [6.45, 7) is -0.549. The molecule has 3 aliphatic rings. The molecular weight excluding hydrogens is 618 g/mol. The molecule has 0 radical (unpaired) electrons. The average molecular weight is 644 g/mol. The van der Waals surface area contributed by atoms with Crippen LogP contribution >= 0.6 is 0 Å². The Kier molecular flexibility index (Phi) is 7.11. The maximum Gasteiger partial charge on any atom is 0.251 e. The number of halogens is 4. The molecule has 2 aliphatic heterocycles. The van der Waals surface area contributed by atoms with Crippen LogP contribution in [-0.4, -0.2) is 61.0 Å². The summed E-state index contributed by atoms with van der Waals surface area (Å²) in [5.41, 5.74) is -2.76. The topological polar surface area (TPSA) is 124 Å². The van der Waals surface area contributed by atoms with Gasteiger partial charge >= 0.3 is 0 Å². The van der Waals surface area contributed by atoms with Gasteiger partial charge in [0.05, 0.1) is 47.8 Å². The van der Waals surface area contributed by atoms with Crippen LogP contribution in [-0.2, 0) is 33.1 Å². The fourth-order valence-corrected chi connectivity index (χ4v) is 6.89. The normalized spacial score (nSPS) is 19.8. The van der Waals surface area contributed by atoms with Crippen LogP contribution in [0, 0.1) is 5.82 Å². The number of hydrogen-bond acceptors (Lipinski definition) is 9. The van der Waals surface area contributed by atoms with Crippen molar-refractivity contribution >= 4 is 38.3 Å². The molecule has 10 nitrogen and oxygen atoms in total. The number of rotatable bonds is 6. The van der Waals surface area contributed by atoms with E-state index >= 15 is 0 Å². The third-order valence-corrected chi connectivity index (χ3v) is 10.1. The van der Waals surface area contributed by atoms with Gasteiger partial charge in [0.2, 0.25) is 21.8 Å². The average Bonchev–Trinajstić information content (AvgIpc) is 3.86. The highest BCUT2D eigenvalue weighted by Gasteiger charge is 2.53. The molecule has 0 spiro atoms. The Morgan fingerprint density at radius 2 is 1.96 bits per heavy atom. The van der Waals surface area contributed by atoms with Crippen molar-refractivity contribution in [3.05, 3.63) is 77.0 Å². The molecule has 1 aliphatic carbocycles. The molecule has 1 saturated carbocycles. The van der Waals surface area contributed by atoms with Crippen LogP contribution in [0.5, 0.6) is 5.75 Å². The van der Waals surface area contributed by atoms with E-state index in [0.717, 1.165) is 12.1 Å². The lowest BCUT2D eigenvalue weighted by Gasteiger charge is -2.30. The van der Waals surface area contributed by atoms with E-state index in [9.17, 15) is 30.8 Å². The van der Waals surface area contributed by atoms with E-state index in [2.05, 4.69) is 15.3 Å². The highest BCUT2D eigenvalue weighted by atomic mass is 32.2. The van der Waals surface area contributed by atoms with Gasteiger partial charge in [0.1, 0.15) is 18.2 Å². The molecule has 1 atom stereocenters. The van der Waals surface area contributed by atoms with Crippen LogP contribution < -0.4 is 15.0 Å². The second kappa shape index (κ2) is 10.9. The van der Waals surface area contributed by atoms with E-state index in [-0.39, 0.29) is 17.7 Å². The second-order valence-electron chi connectivity index (χ2n) is 11.1. The first-order valence-electron chi connectivity index (χ1n) is 14.1. The van der Waals surface area contributed by atoms with Crippen LogP contribution in [0.1, 0.15) is 40.0 Å². The van der Waals surface area contributed by atoms with Crippen LogP contribution in [0.2, 0.25) is 0 Å². The van der Waals surface area contributed by atoms with Gasteiger partial charge in [-0.2, -0.15) is 0 Å². The van der Waals surface area contributed by atoms with E-state index in [0.29, 0.717) is 65.5 Å². The maximum absolute atomic E-state index is 14.8. The standard InChI is InChI=1S/C30H25F4N5O5S/c31-21-7-17(8-24-20(21)14-43-15-25(32)45(24,41)42)28(40)37-13-19-10-22-16(11-35-19)1-2-26(38-22)39-5-6-44-23-9-18(12-36-27(23)39)30(3-4-30)29(33)34/h1-2,7-12,25,29H,3-6,13-15H2,(H,37,40)/t25-/m1/s1. The van der Waals surface area contributed by atoms with Crippen molar-refractivity contribution in [1.29, 1.82) is 0 Å². The Morgan fingerprint density at radius 3 is 2.73 bits per heavy atom. The minimum atomic E-state index is -4.55. The first-order valence-corrected chi connectivity index (χ1v) is 15.6. The van der Waals surface area contributed by atoms with Gasteiger partial charge in [-0.05, 0) is 54.8 Å². The minimum absolute atomic E-state index is 0.0996. The summed E-state index contributed by atoms with van der Waals surface area (Å²) in [7, 11) is -4.55. The largest absolute Gasteiger partial charge is 0.488 e. The number of nitrogens with zero attached hydrogens (tertiary/aromatic N) is 4. The Balaban J connectivity index is 1.11. The Hall–Kier alpha value is -4.37. The summed E-state index contributed by atoms with van der Waals surface area (Å²) in [4.78, 5) is 27.7. The summed E-state index contributed by atoms with van der Waals surface area (Å²) < 4.78 is 92.0. The number of pyridine rings is 3. The zero-order valence-electron chi connectivity index (χ0n) is 23.5. The van der Waals surface area contributed by atoms with Crippen LogP contribution in [0.25, 0.3) is 10.9 Å².